The van der Waals surface area contributed by atoms with Crippen LogP contribution in [0.4, 0.5) is 0 Å². The van der Waals surface area contributed by atoms with Gasteiger partial charge in [0.25, 0.3) is 0 Å². The van der Waals surface area contributed by atoms with Crippen molar-refractivity contribution in [2.24, 2.45) is 0 Å². The Morgan fingerprint density at radius 1 is 0.969 bits per heavy atom. The van der Waals surface area contributed by atoms with Gasteiger partial charge in [-0.25, -0.2) is 4.98 Å². The molecule has 0 aliphatic heterocycles. The van der Waals surface area contributed by atoms with Crippen LogP contribution in [0.5, 0.6) is 17.2 Å². The molecule has 0 fully saturated rings. The van der Waals surface area contributed by atoms with E-state index in [-0.39, 0.29) is 0 Å². The smallest absolute Gasteiger partial charge is 0.226 e. The summed E-state index contributed by atoms with van der Waals surface area (Å²) in [7, 11) is 0. The van der Waals surface area contributed by atoms with Crippen molar-refractivity contribution in [2.45, 2.75) is 33.6 Å². The molecule has 2 aromatic carbocycles. The van der Waals surface area contributed by atoms with Gasteiger partial charge in [-0.05, 0) is 44.5 Å². The molecule has 3 rings (SSSR count). The van der Waals surface area contributed by atoms with E-state index in [2.05, 4.69) is 4.98 Å². The zero-order chi connectivity index (χ0) is 22.8. The second-order valence-electron chi connectivity index (χ2n) is 7.00. The summed E-state index contributed by atoms with van der Waals surface area (Å²) in [5.74, 6) is 2.52. The molecule has 0 atom stereocenters. The third-order valence-corrected chi connectivity index (χ3v) is 4.66. The summed E-state index contributed by atoms with van der Waals surface area (Å²) in [6, 6.07) is 13.1. The van der Waals surface area contributed by atoms with Crippen molar-refractivity contribution in [3.05, 3.63) is 66.1 Å². The summed E-state index contributed by atoms with van der Waals surface area (Å²) in [5.41, 5.74) is 2.84. The molecule has 0 amide bonds. The van der Waals surface area contributed by atoms with E-state index in [9.17, 15) is 4.79 Å². The summed E-state index contributed by atoms with van der Waals surface area (Å²) in [6.45, 7) is 7.59. The first-order valence-electron chi connectivity index (χ1n) is 10.9. The number of carbonyl (C=O) groups excluding carboxylic acids is 1. The molecule has 0 unspecified atom stereocenters. The fourth-order valence-corrected chi connectivity index (χ4v) is 3.20. The molecule has 0 saturated heterocycles. The maximum absolute atomic E-state index is 11.8. The maximum atomic E-state index is 11.8. The van der Waals surface area contributed by atoms with E-state index in [0.717, 1.165) is 29.5 Å². The van der Waals surface area contributed by atoms with Crippen molar-refractivity contribution >= 4 is 11.9 Å². The van der Waals surface area contributed by atoms with Crippen LogP contribution in [0.15, 0.2) is 59.2 Å². The highest BCUT2D eigenvalue weighted by atomic mass is 16.5. The van der Waals surface area contributed by atoms with Crippen molar-refractivity contribution < 1.29 is 23.4 Å². The van der Waals surface area contributed by atoms with Gasteiger partial charge in [0.1, 0.15) is 18.3 Å². The van der Waals surface area contributed by atoms with Gasteiger partial charge in [0.05, 0.1) is 25.5 Å². The molecule has 3 aromatic rings. The van der Waals surface area contributed by atoms with Gasteiger partial charge in [0.2, 0.25) is 5.89 Å². The molecule has 6 heteroatoms. The average Bonchev–Trinajstić information content (AvgIpc) is 3.29. The number of ether oxygens (including phenoxy) is 3. The lowest BCUT2D eigenvalue weighted by Crippen LogP contribution is -1.99. The first-order valence-corrected chi connectivity index (χ1v) is 10.9. The third kappa shape index (κ3) is 5.78. The molecule has 32 heavy (non-hydrogen) atoms. The van der Waals surface area contributed by atoms with Gasteiger partial charge in [-0.2, -0.15) is 0 Å². The van der Waals surface area contributed by atoms with E-state index in [1.54, 1.807) is 6.26 Å². The molecule has 0 saturated carbocycles. The van der Waals surface area contributed by atoms with Gasteiger partial charge in [-0.15, -0.1) is 0 Å². The number of nitrogens with zero attached hydrogens (tertiary/aromatic N) is 1. The Balaban J connectivity index is 1.80. The Hall–Kier alpha value is -3.54. The van der Waals surface area contributed by atoms with Crippen LogP contribution < -0.4 is 14.2 Å². The quantitative estimate of drug-likeness (QED) is 0.266. The number of aromatic nitrogens is 1. The molecule has 1 heterocycles. The van der Waals surface area contributed by atoms with Crippen LogP contribution in [0.2, 0.25) is 0 Å². The Morgan fingerprint density at radius 3 is 2.50 bits per heavy atom. The number of para-hydroxylation sites is 1. The molecule has 0 spiro atoms. The molecule has 0 bridgehead atoms. The lowest BCUT2D eigenvalue weighted by Gasteiger charge is -2.11. The highest BCUT2D eigenvalue weighted by Gasteiger charge is 2.13. The lowest BCUT2D eigenvalue weighted by atomic mass is 10.0. The Bertz CT molecular complexity index is 1050. The number of carbonyl (C=O) groups is 1. The molecule has 168 valence electrons. The van der Waals surface area contributed by atoms with Crippen LogP contribution in [0, 0.1) is 0 Å². The lowest BCUT2D eigenvalue weighted by molar-refractivity contribution is -0.103. The van der Waals surface area contributed by atoms with Gasteiger partial charge in [-0.1, -0.05) is 31.2 Å². The molecular formula is C26H29NO5. The Kier molecular flexibility index (Phi) is 8.49. The summed E-state index contributed by atoms with van der Waals surface area (Å²) in [4.78, 5) is 16.3. The highest BCUT2D eigenvalue weighted by Crippen LogP contribution is 2.33. The molecule has 6 nitrogen and oxygen atoms in total. The molecule has 0 radical (unpaired) electrons. The zero-order valence-electron chi connectivity index (χ0n) is 18.8. The van der Waals surface area contributed by atoms with E-state index in [4.69, 9.17) is 18.6 Å². The number of benzene rings is 2. The monoisotopic (exact) mass is 435 g/mol. The Morgan fingerprint density at radius 2 is 1.75 bits per heavy atom. The van der Waals surface area contributed by atoms with Crippen LogP contribution >= 0.6 is 0 Å². The number of rotatable bonds is 12. The summed E-state index contributed by atoms with van der Waals surface area (Å²) in [6.07, 6.45) is 5.63. The maximum Gasteiger partial charge on any atom is 0.226 e. The predicted molar refractivity (Wildman–Crippen MR) is 124 cm³/mol. The van der Waals surface area contributed by atoms with Gasteiger partial charge in [-0.3, -0.25) is 4.79 Å². The second kappa shape index (κ2) is 11.7. The average molecular weight is 436 g/mol. The first kappa shape index (κ1) is 23.1. The topological polar surface area (TPSA) is 70.8 Å². The standard InChI is InChI=1S/C26H29NO5/c1-4-15-31-23-10-8-7-9-22(23)20(17-28)11-13-21-18-32-26(27-21)19-12-14-24(29-5-2)25(16-19)30-6-3/h7-12,14,16-18H,4-6,13,15H2,1-3H3/b20-11-. The molecule has 0 aliphatic rings. The third-order valence-electron chi connectivity index (χ3n) is 4.66. The zero-order valence-corrected chi connectivity index (χ0v) is 18.8. The van der Waals surface area contributed by atoms with E-state index < -0.39 is 0 Å². The molecule has 0 aliphatic carbocycles. The number of oxazole rings is 1. The minimum atomic E-state index is 0.453. The van der Waals surface area contributed by atoms with Crippen molar-refractivity contribution in [2.75, 3.05) is 19.8 Å². The van der Waals surface area contributed by atoms with E-state index in [0.29, 0.717) is 55.0 Å². The highest BCUT2D eigenvalue weighted by molar-refractivity contribution is 6.08. The molecule has 1 aromatic heterocycles. The van der Waals surface area contributed by atoms with E-state index >= 15 is 0 Å². The number of allylic oxidation sites excluding steroid dienone is 2. The fourth-order valence-electron chi connectivity index (χ4n) is 3.20. The number of aldehydes is 1. The van der Waals surface area contributed by atoms with Gasteiger partial charge in [0.15, 0.2) is 11.5 Å². The summed E-state index contributed by atoms with van der Waals surface area (Å²) in [5, 5.41) is 0. The molecular weight excluding hydrogens is 406 g/mol. The Labute approximate surface area is 188 Å². The number of hydrogen-bond acceptors (Lipinski definition) is 6. The number of hydrogen-bond donors (Lipinski definition) is 0. The van der Waals surface area contributed by atoms with Crippen LogP contribution in [-0.2, 0) is 11.2 Å². The van der Waals surface area contributed by atoms with Crippen LogP contribution in [0.1, 0.15) is 38.4 Å². The largest absolute Gasteiger partial charge is 0.493 e. The van der Waals surface area contributed by atoms with Crippen molar-refractivity contribution in [1.82, 2.24) is 4.98 Å². The van der Waals surface area contributed by atoms with E-state index in [1.807, 2.05) is 69.3 Å². The first-order chi connectivity index (χ1) is 15.7. The van der Waals surface area contributed by atoms with Crippen LogP contribution in [0.3, 0.4) is 0 Å². The van der Waals surface area contributed by atoms with Crippen LogP contribution in [0.25, 0.3) is 17.0 Å². The van der Waals surface area contributed by atoms with Crippen molar-refractivity contribution in [3.8, 4) is 28.7 Å². The normalized spacial score (nSPS) is 11.3. The minimum absolute atomic E-state index is 0.453. The summed E-state index contributed by atoms with van der Waals surface area (Å²) < 4.78 is 22.8. The van der Waals surface area contributed by atoms with Gasteiger partial charge in [0, 0.05) is 23.1 Å². The predicted octanol–water partition coefficient (Wildman–Crippen LogP) is 5.75. The molecule has 0 N–H and O–H groups in total. The van der Waals surface area contributed by atoms with Crippen molar-refractivity contribution in [1.29, 1.82) is 0 Å². The van der Waals surface area contributed by atoms with Crippen LogP contribution in [-0.4, -0.2) is 31.1 Å². The summed E-state index contributed by atoms with van der Waals surface area (Å²) >= 11 is 0. The fraction of sp³-hybridized carbons (Fsp3) is 0.308. The van der Waals surface area contributed by atoms with Gasteiger partial charge < -0.3 is 18.6 Å². The second-order valence-corrected chi connectivity index (χ2v) is 7.00. The minimum Gasteiger partial charge on any atom is -0.493 e. The van der Waals surface area contributed by atoms with Crippen molar-refractivity contribution in [3.63, 3.8) is 0 Å². The van der Waals surface area contributed by atoms with E-state index in [1.165, 1.54) is 0 Å². The van der Waals surface area contributed by atoms with Gasteiger partial charge >= 0.3 is 0 Å². The SMILES string of the molecule is CCCOc1ccccc1/C(C=O)=C\Cc1coc(-c2ccc(OCC)c(OCC)c2)n1.